The van der Waals surface area contributed by atoms with Crippen LogP contribution in [0.15, 0.2) is 17.0 Å². The first-order valence-corrected chi connectivity index (χ1v) is 7.76. The average Bonchev–Trinajstić information content (AvgIpc) is 2.37. The molecule has 0 fully saturated rings. The Morgan fingerprint density at radius 1 is 1.00 bits per heavy atom. The lowest BCUT2D eigenvalue weighted by atomic mass is 10.1. The van der Waals surface area contributed by atoms with Crippen molar-refractivity contribution in [3.05, 3.63) is 34.6 Å². The van der Waals surface area contributed by atoms with Crippen LogP contribution in [0.5, 0.6) is 0 Å². The monoisotopic (exact) mass is 307 g/mol. The number of benzene rings is 1. The van der Waals surface area contributed by atoms with Crippen LogP contribution in [-0.2, 0) is 10.0 Å². The third-order valence-electron chi connectivity index (χ3n) is 3.23. The quantitative estimate of drug-likeness (QED) is 0.831. The molecule has 0 unspecified atom stereocenters. The zero-order valence-electron chi connectivity index (χ0n) is 12.3. The van der Waals surface area contributed by atoms with Crippen molar-refractivity contribution in [2.24, 2.45) is 0 Å². The summed E-state index contributed by atoms with van der Waals surface area (Å²) in [7, 11) is -3.85. The van der Waals surface area contributed by atoms with Crippen LogP contribution >= 0.6 is 0 Å². The summed E-state index contributed by atoms with van der Waals surface area (Å²) in [5.41, 5.74) is 9.00. The average molecular weight is 307 g/mol. The molecule has 2 aromatic rings. The van der Waals surface area contributed by atoms with Crippen LogP contribution in [0, 0.1) is 27.7 Å². The van der Waals surface area contributed by atoms with Crippen LogP contribution in [0.4, 0.5) is 11.6 Å². The van der Waals surface area contributed by atoms with E-state index >= 15 is 0 Å². The van der Waals surface area contributed by atoms with Gasteiger partial charge in [0.2, 0.25) is 0 Å². The van der Waals surface area contributed by atoms with E-state index in [9.17, 15) is 8.42 Å². The maximum atomic E-state index is 12.4. The highest BCUT2D eigenvalue weighted by Gasteiger charge is 2.20. The summed E-state index contributed by atoms with van der Waals surface area (Å²) < 4.78 is 27.1. The lowest BCUT2D eigenvalue weighted by molar-refractivity contribution is 0.601. The predicted octanol–water partition coefficient (Wildman–Crippen LogP) is 1.49. The molecular formula is C13H17N5O2S. The van der Waals surface area contributed by atoms with Crippen molar-refractivity contribution in [1.29, 1.82) is 0 Å². The van der Waals surface area contributed by atoms with Crippen molar-refractivity contribution in [2.45, 2.75) is 32.6 Å². The molecule has 21 heavy (non-hydrogen) atoms. The fourth-order valence-corrected chi connectivity index (χ4v) is 2.86. The molecule has 0 saturated heterocycles. The minimum Gasteiger partial charge on any atom is -0.398 e. The molecule has 7 nitrogen and oxygen atoms in total. The van der Waals surface area contributed by atoms with Crippen LogP contribution in [-0.4, -0.2) is 23.6 Å². The van der Waals surface area contributed by atoms with Gasteiger partial charge in [-0.2, -0.15) is 5.10 Å². The summed E-state index contributed by atoms with van der Waals surface area (Å²) in [6.45, 7) is 7.16. The summed E-state index contributed by atoms with van der Waals surface area (Å²) in [6, 6.07) is 3.16. The number of nitrogens with zero attached hydrogens (tertiary/aromatic N) is 3. The number of hydrogen-bond donors (Lipinski definition) is 2. The summed E-state index contributed by atoms with van der Waals surface area (Å²) >= 11 is 0. The molecule has 0 amide bonds. The van der Waals surface area contributed by atoms with E-state index in [2.05, 4.69) is 19.9 Å². The Bertz CT molecular complexity index is 802. The Morgan fingerprint density at radius 2 is 1.62 bits per heavy atom. The molecule has 0 saturated carbocycles. The zero-order chi connectivity index (χ0) is 15.8. The molecule has 0 aliphatic rings. The van der Waals surface area contributed by atoms with Crippen molar-refractivity contribution in [2.75, 3.05) is 10.5 Å². The second kappa shape index (κ2) is 5.28. The van der Waals surface area contributed by atoms with Gasteiger partial charge in [0.05, 0.1) is 17.1 Å². The summed E-state index contributed by atoms with van der Waals surface area (Å²) in [6.07, 6.45) is 0. The number of nitrogens with one attached hydrogen (secondary N) is 1. The Morgan fingerprint density at radius 3 is 2.24 bits per heavy atom. The largest absolute Gasteiger partial charge is 0.398 e. The smallest absolute Gasteiger partial charge is 0.266 e. The first kappa shape index (κ1) is 15.2. The molecule has 0 radical (unpaired) electrons. The van der Waals surface area contributed by atoms with Crippen molar-refractivity contribution in [1.82, 2.24) is 15.2 Å². The topological polar surface area (TPSA) is 111 Å². The van der Waals surface area contributed by atoms with E-state index in [0.29, 0.717) is 11.4 Å². The van der Waals surface area contributed by atoms with E-state index in [-0.39, 0.29) is 16.5 Å². The highest BCUT2D eigenvalue weighted by atomic mass is 32.2. The van der Waals surface area contributed by atoms with Crippen LogP contribution in [0.25, 0.3) is 0 Å². The van der Waals surface area contributed by atoms with Crippen molar-refractivity contribution in [3.63, 3.8) is 0 Å². The Kier molecular flexibility index (Phi) is 3.82. The molecule has 1 aromatic carbocycles. The van der Waals surface area contributed by atoms with Crippen molar-refractivity contribution >= 4 is 21.7 Å². The fraction of sp³-hybridized carbons (Fsp3) is 0.308. The second-order valence-corrected chi connectivity index (χ2v) is 6.54. The Hall–Kier alpha value is -2.22. The maximum absolute atomic E-state index is 12.4. The van der Waals surface area contributed by atoms with Crippen molar-refractivity contribution in [3.8, 4) is 0 Å². The summed E-state index contributed by atoms with van der Waals surface area (Å²) in [5.74, 6) is -0.0734. The van der Waals surface area contributed by atoms with E-state index in [0.717, 1.165) is 11.1 Å². The van der Waals surface area contributed by atoms with Crippen LogP contribution < -0.4 is 10.5 Å². The summed E-state index contributed by atoms with van der Waals surface area (Å²) in [4.78, 5) is 4.06. The van der Waals surface area contributed by atoms with Crippen molar-refractivity contribution < 1.29 is 8.42 Å². The van der Waals surface area contributed by atoms with Gasteiger partial charge in [0, 0.05) is 0 Å². The van der Waals surface area contributed by atoms with Gasteiger partial charge >= 0.3 is 0 Å². The molecule has 1 heterocycles. The second-order valence-electron chi connectivity index (χ2n) is 4.89. The lowest BCUT2D eigenvalue weighted by Crippen LogP contribution is -2.18. The molecule has 0 aliphatic carbocycles. The molecule has 8 heteroatoms. The predicted molar refractivity (Wildman–Crippen MR) is 80.4 cm³/mol. The third kappa shape index (κ3) is 3.10. The number of nitrogen functional groups attached to an aromatic ring is 1. The first-order chi connectivity index (χ1) is 9.70. The molecule has 0 spiro atoms. The molecule has 2 rings (SSSR count). The number of hydrogen-bond acceptors (Lipinski definition) is 6. The van der Waals surface area contributed by atoms with E-state index < -0.39 is 10.0 Å². The Balaban J connectivity index is 2.43. The van der Waals surface area contributed by atoms with Gasteiger partial charge in [-0.15, -0.1) is 5.10 Å². The van der Waals surface area contributed by atoms with Crippen LogP contribution in [0.3, 0.4) is 0 Å². The SMILES string of the molecule is Cc1cc(N)c(S(=O)(=O)Nc2nnc(C)c(C)n2)cc1C. The molecule has 112 valence electrons. The molecule has 1 aromatic heterocycles. The third-order valence-corrected chi connectivity index (χ3v) is 4.62. The maximum Gasteiger partial charge on any atom is 0.266 e. The number of nitrogens with two attached hydrogens (primary N) is 1. The zero-order valence-corrected chi connectivity index (χ0v) is 13.1. The minimum atomic E-state index is -3.85. The molecule has 0 atom stereocenters. The standard InChI is InChI=1S/C13H17N5O2S/c1-7-5-11(14)12(6-8(7)2)21(19,20)18-13-15-9(3)10(4)16-17-13/h5-6H,14H2,1-4H3,(H,15,17,18). The van der Waals surface area contributed by atoms with E-state index in [1.165, 1.54) is 6.07 Å². The minimum absolute atomic E-state index is 0.00688. The van der Waals surface area contributed by atoms with E-state index in [4.69, 9.17) is 5.73 Å². The number of sulfonamides is 1. The highest BCUT2D eigenvalue weighted by Crippen LogP contribution is 2.24. The molecule has 0 aliphatic heterocycles. The number of aromatic nitrogens is 3. The molecular weight excluding hydrogens is 290 g/mol. The number of rotatable bonds is 3. The lowest BCUT2D eigenvalue weighted by Gasteiger charge is -2.11. The fourth-order valence-electron chi connectivity index (χ4n) is 1.72. The van der Waals surface area contributed by atoms with Gasteiger partial charge in [-0.1, -0.05) is 0 Å². The van der Waals surface area contributed by atoms with Crippen LogP contribution in [0.1, 0.15) is 22.5 Å². The van der Waals surface area contributed by atoms with E-state index in [1.807, 2.05) is 13.8 Å². The van der Waals surface area contributed by atoms with E-state index in [1.54, 1.807) is 19.9 Å². The van der Waals surface area contributed by atoms with Gasteiger partial charge in [-0.3, -0.25) is 0 Å². The van der Waals surface area contributed by atoms with Gasteiger partial charge in [0.1, 0.15) is 4.90 Å². The summed E-state index contributed by atoms with van der Waals surface area (Å²) in [5, 5.41) is 7.57. The molecule has 0 bridgehead atoms. The number of aryl methyl sites for hydroxylation is 4. The highest BCUT2D eigenvalue weighted by molar-refractivity contribution is 7.92. The van der Waals surface area contributed by atoms with Gasteiger partial charge < -0.3 is 5.73 Å². The van der Waals surface area contributed by atoms with Gasteiger partial charge in [0.25, 0.3) is 16.0 Å². The Labute approximate surface area is 123 Å². The van der Waals surface area contributed by atoms with Gasteiger partial charge in [-0.25, -0.2) is 18.1 Å². The molecule has 3 N–H and O–H groups in total. The van der Waals surface area contributed by atoms with Gasteiger partial charge in [-0.05, 0) is 51.0 Å². The van der Waals surface area contributed by atoms with Gasteiger partial charge in [0.15, 0.2) is 0 Å². The number of anilines is 2. The van der Waals surface area contributed by atoms with Crippen LogP contribution in [0.2, 0.25) is 0 Å². The normalized spacial score (nSPS) is 11.4. The first-order valence-electron chi connectivity index (χ1n) is 6.28.